The Balaban J connectivity index is 1.82. The lowest BCUT2D eigenvalue weighted by molar-refractivity contribution is -0.121. The summed E-state index contributed by atoms with van der Waals surface area (Å²) < 4.78 is 0. The minimum atomic E-state index is 0.108. The van der Waals surface area contributed by atoms with E-state index >= 15 is 0 Å². The number of nitrogens with one attached hydrogen (secondary N) is 1. The van der Waals surface area contributed by atoms with Crippen molar-refractivity contribution in [3.63, 3.8) is 0 Å². The molecule has 0 aliphatic carbocycles. The summed E-state index contributed by atoms with van der Waals surface area (Å²) in [6.45, 7) is 6.89. The molecule has 0 aliphatic heterocycles. The van der Waals surface area contributed by atoms with Crippen LogP contribution in [0.15, 0.2) is 42.5 Å². The molecule has 2 nitrogen and oxygen atoms in total. The van der Waals surface area contributed by atoms with E-state index in [0.717, 1.165) is 6.42 Å². The number of rotatable bonds is 5. The van der Waals surface area contributed by atoms with Crippen molar-refractivity contribution in [3.05, 3.63) is 70.3 Å². The van der Waals surface area contributed by atoms with Gasteiger partial charge in [-0.3, -0.25) is 4.79 Å². The SMILES string of the molecule is Cc1ccc(CCC(=O)NCc2ccccc2C)cc1C. The molecule has 0 unspecified atom stereocenters. The maximum atomic E-state index is 11.9. The van der Waals surface area contributed by atoms with Crippen LogP contribution in [0, 0.1) is 20.8 Å². The van der Waals surface area contributed by atoms with Crippen molar-refractivity contribution in [3.8, 4) is 0 Å². The van der Waals surface area contributed by atoms with Crippen molar-refractivity contribution in [1.29, 1.82) is 0 Å². The lowest BCUT2D eigenvalue weighted by Crippen LogP contribution is -2.23. The van der Waals surface area contributed by atoms with Gasteiger partial charge in [-0.25, -0.2) is 0 Å². The fraction of sp³-hybridized carbons (Fsp3) is 0.316. The van der Waals surface area contributed by atoms with E-state index in [1.165, 1.54) is 27.8 Å². The maximum absolute atomic E-state index is 11.9. The fourth-order valence-electron chi connectivity index (χ4n) is 2.31. The Hall–Kier alpha value is -2.09. The van der Waals surface area contributed by atoms with E-state index in [2.05, 4.69) is 56.4 Å². The molecule has 0 spiro atoms. The van der Waals surface area contributed by atoms with Crippen molar-refractivity contribution in [2.45, 2.75) is 40.2 Å². The van der Waals surface area contributed by atoms with E-state index in [1.54, 1.807) is 0 Å². The first-order valence-electron chi connectivity index (χ1n) is 7.43. The molecule has 0 atom stereocenters. The third-order valence-electron chi connectivity index (χ3n) is 3.95. The molecule has 0 heterocycles. The van der Waals surface area contributed by atoms with Crippen molar-refractivity contribution in [2.75, 3.05) is 0 Å². The summed E-state index contributed by atoms with van der Waals surface area (Å²) in [5.41, 5.74) is 6.20. The van der Waals surface area contributed by atoms with Gasteiger partial charge in [-0.1, -0.05) is 42.5 Å². The van der Waals surface area contributed by atoms with E-state index < -0.39 is 0 Å². The van der Waals surface area contributed by atoms with Gasteiger partial charge in [0.2, 0.25) is 5.91 Å². The Morgan fingerprint density at radius 1 is 0.952 bits per heavy atom. The van der Waals surface area contributed by atoms with Crippen LogP contribution in [0.1, 0.15) is 34.2 Å². The predicted octanol–water partition coefficient (Wildman–Crippen LogP) is 3.86. The first-order valence-corrected chi connectivity index (χ1v) is 7.43. The summed E-state index contributed by atoms with van der Waals surface area (Å²) in [4.78, 5) is 11.9. The second-order valence-electron chi connectivity index (χ2n) is 5.62. The minimum absolute atomic E-state index is 0.108. The molecule has 1 N–H and O–H groups in total. The summed E-state index contributed by atoms with van der Waals surface area (Å²) in [6.07, 6.45) is 1.33. The lowest BCUT2D eigenvalue weighted by Gasteiger charge is -2.08. The van der Waals surface area contributed by atoms with Gasteiger partial charge >= 0.3 is 0 Å². The van der Waals surface area contributed by atoms with Crippen LogP contribution in [-0.4, -0.2) is 5.91 Å². The molecule has 110 valence electrons. The summed E-state index contributed by atoms with van der Waals surface area (Å²) in [6, 6.07) is 14.5. The number of hydrogen-bond acceptors (Lipinski definition) is 1. The van der Waals surface area contributed by atoms with Crippen LogP contribution in [0.25, 0.3) is 0 Å². The monoisotopic (exact) mass is 281 g/mol. The molecule has 0 saturated carbocycles. The largest absolute Gasteiger partial charge is 0.352 e. The number of amides is 1. The third kappa shape index (κ3) is 4.45. The van der Waals surface area contributed by atoms with Crippen LogP contribution in [0.5, 0.6) is 0 Å². The molecule has 0 aliphatic rings. The van der Waals surface area contributed by atoms with E-state index in [9.17, 15) is 4.79 Å². The number of carbonyl (C=O) groups is 1. The highest BCUT2D eigenvalue weighted by atomic mass is 16.1. The second-order valence-corrected chi connectivity index (χ2v) is 5.62. The summed E-state index contributed by atoms with van der Waals surface area (Å²) in [7, 11) is 0. The number of carbonyl (C=O) groups excluding carboxylic acids is 1. The number of aryl methyl sites for hydroxylation is 4. The average molecular weight is 281 g/mol. The van der Waals surface area contributed by atoms with Gasteiger partial charge < -0.3 is 5.32 Å². The molecule has 2 aromatic carbocycles. The highest BCUT2D eigenvalue weighted by Gasteiger charge is 2.04. The van der Waals surface area contributed by atoms with E-state index in [0.29, 0.717) is 13.0 Å². The fourth-order valence-corrected chi connectivity index (χ4v) is 2.31. The van der Waals surface area contributed by atoms with Gasteiger partial charge in [0.1, 0.15) is 0 Å². The van der Waals surface area contributed by atoms with E-state index in [1.807, 2.05) is 12.1 Å². The molecule has 21 heavy (non-hydrogen) atoms. The second kappa shape index (κ2) is 7.07. The average Bonchev–Trinajstić information content (AvgIpc) is 2.47. The molecule has 0 radical (unpaired) electrons. The molecule has 0 saturated heterocycles. The Morgan fingerprint density at radius 2 is 1.71 bits per heavy atom. The molecule has 2 heteroatoms. The molecule has 2 aromatic rings. The van der Waals surface area contributed by atoms with Crippen molar-refractivity contribution < 1.29 is 4.79 Å². The highest BCUT2D eigenvalue weighted by molar-refractivity contribution is 5.76. The van der Waals surface area contributed by atoms with Crippen LogP contribution in [-0.2, 0) is 17.8 Å². The first kappa shape index (κ1) is 15.3. The van der Waals surface area contributed by atoms with Gasteiger partial charge in [0, 0.05) is 13.0 Å². The zero-order valence-corrected chi connectivity index (χ0v) is 13.1. The van der Waals surface area contributed by atoms with Crippen LogP contribution >= 0.6 is 0 Å². The molecular formula is C19H23NO. The highest BCUT2D eigenvalue weighted by Crippen LogP contribution is 2.11. The van der Waals surface area contributed by atoms with Crippen LogP contribution in [0.2, 0.25) is 0 Å². The Bertz CT molecular complexity index is 631. The number of hydrogen-bond donors (Lipinski definition) is 1. The van der Waals surface area contributed by atoms with Crippen LogP contribution < -0.4 is 5.32 Å². The standard InChI is InChI=1S/C19H23NO/c1-14-8-9-17(12-16(14)3)10-11-19(21)20-13-18-7-5-4-6-15(18)2/h4-9,12H,10-11,13H2,1-3H3,(H,20,21). The minimum Gasteiger partial charge on any atom is -0.352 e. The Morgan fingerprint density at radius 3 is 2.43 bits per heavy atom. The smallest absolute Gasteiger partial charge is 0.220 e. The van der Waals surface area contributed by atoms with Crippen molar-refractivity contribution in [1.82, 2.24) is 5.32 Å². The molecule has 0 bridgehead atoms. The normalized spacial score (nSPS) is 10.4. The Labute approximate surface area is 127 Å². The quantitative estimate of drug-likeness (QED) is 0.886. The van der Waals surface area contributed by atoms with Crippen molar-refractivity contribution >= 4 is 5.91 Å². The topological polar surface area (TPSA) is 29.1 Å². The van der Waals surface area contributed by atoms with Crippen LogP contribution in [0.3, 0.4) is 0 Å². The molecule has 0 fully saturated rings. The lowest BCUT2D eigenvalue weighted by atomic mass is 10.0. The summed E-state index contributed by atoms with van der Waals surface area (Å²) in [5.74, 6) is 0.108. The zero-order chi connectivity index (χ0) is 15.2. The number of benzene rings is 2. The summed E-state index contributed by atoms with van der Waals surface area (Å²) >= 11 is 0. The Kier molecular flexibility index (Phi) is 5.15. The maximum Gasteiger partial charge on any atom is 0.220 e. The molecule has 2 rings (SSSR count). The van der Waals surface area contributed by atoms with Gasteiger partial charge in [-0.2, -0.15) is 0 Å². The third-order valence-corrected chi connectivity index (χ3v) is 3.95. The zero-order valence-electron chi connectivity index (χ0n) is 13.1. The van der Waals surface area contributed by atoms with Gasteiger partial charge in [-0.05, 0) is 55.0 Å². The summed E-state index contributed by atoms with van der Waals surface area (Å²) in [5, 5.41) is 3.00. The predicted molar refractivity (Wildman–Crippen MR) is 87.3 cm³/mol. The van der Waals surface area contributed by atoms with Gasteiger partial charge in [0.15, 0.2) is 0 Å². The van der Waals surface area contributed by atoms with Gasteiger partial charge in [0.25, 0.3) is 0 Å². The van der Waals surface area contributed by atoms with Gasteiger partial charge in [0.05, 0.1) is 0 Å². The van der Waals surface area contributed by atoms with E-state index in [4.69, 9.17) is 0 Å². The molecular weight excluding hydrogens is 258 g/mol. The van der Waals surface area contributed by atoms with Gasteiger partial charge in [-0.15, -0.1) is 0 Å². The van der Waals surface area contributed by atoms with Crippen LogP contribution in [0.4, 0.5) is 0 Å². The first-order chi connectivity index (χ1) is 10.1. The van der Waals surface area contributed by atoms with Crippen molar-refractivity contribution in [2.24, 2.45) is 0 Å². The van der Waals surface area contributed by atoms with E-state index in [-0.39, 0.29) is 5.91 Å². The molecule has 1 amide bonds. The molecule has 0 aromatic heterocycles.